The lowest BCUT2D eigenvalue weighted by molar-refractivity contribution is 0.288. The van der Waals surface area contributed by atoms with Crippen molar-refractivity contribution in [2.24, 2.45) is 0 Å². The molecule has 6 heteroatoms. The molecule has 1 aromatic heterocycles. The van der Waals surface area contributed by atoms with Crippen LogP contribution in [0.25, 0.3) is 11.3 Å². The Morgan fingerprint density at radius 3 is 2.86 bits per heavy atom. The molecule has 22 heavy (non-hydrogen) atoms. The van der Waals surface area contributed by atoms with Crippen molar-refractivity contribution in [1.29, 1.82) is 0 Å². The molecule has 0 spiro atoms. The summed E-state index contributed by atoms with van der Waals surface area (Å²) in [6.45, 7) is 1.44. The van der Waals surface area contributed by atoms with Gasteiger partial charge in [0.25, 0.3) is 0 Å². The van der Waals surface area contributed by atoms with Gasteiger partial charge in [0.15, 0.2) is 0 Å². The van der Waals surface area contributed by atoms with E-state index < -0.39 is 0 Å². The molecule has 4 rings (SSSR count). The maximum absolute atomic E-state index is 14.6. The third-order valence-corrected chi connectivity index (χ3v) is 5.04. The normalized spacial score (nSPS) is 16.9. The summed E-state index contributed by atoms with van der Waals surface area (Å²) in [6, 6.07) is 1.30. The number of ether oxygens (including phenoxy) is 1. The molecule has 0 amide bonds. The van der Waals surface area contributed by atoms with Crippen molar-refractivity contribution < 1.29 is 9.13 Å². The van der Waals surface area contributed by atoms with Gasteiger partial charge in [0.2, 0.25) is 0 Å². The van der Waals surface area contributed by atoms with E-state index in [0.717, 1.165) is 49.9 Å². The molecule has 2 aliphatic heterocycles. The van der Waals surface area contributed by atoms with E-state index in [1.54, 1.807) is 0 Å². The van der Waals surface area contributed by atoms with E-state index >= 15 is 0 Å². The summed E-state index contributed by atoms with van der Waals surface area (Å²) in [5.74, 6) is 0.193. The molecule has 0 unspecified atom stereocenters. The Bertz CT molecular complexity index is 757. The maximum atomic E-state index is 14.6. The summed E-state index contributed by atoms with van der Waals surface area (Å²) in [4.78, 5) is 0. The SMILES string of the molecule is Fc1cc(Cl)c2c(c1-c1nn3c(c1Cl)CCCC3)CCCO2. The van der Waals surface area contributed by atoms with Crippen LogP contribution in [-0.4, -0.2) is 16.4 Å². The predicted octanol–water partition coefficient (Wildman–Crippen LogP) is 4.66. The van der Waals surface area contributed by atoms with Crippen LogP contribution in [0.3, 0.4) is 0 Å². The second-order valence-electron chi connectivity index (χ2n) is 5.76. The lowest BCUT2D eigenvalue weighted by Crippen LogP contribution is -2.12. The summed E-state index contributed by atoms with van der Waals surface area (Å²) in [6.07, 6.45) is 4.62. The topological polar surface area (TPSA) is 27.1 Å². The molecule has 0 saturated heterocycles. The van der Waals surface area contributed by atoms with Gasteiger partial charge in [-0.3, -0.25) is 4.68 Å². The number of hydrogen-bond donors (Lipinski definition) is 0. The van der Waals surface area contributed by atoms with Crippen LogP contribution in [0, 0.1) is 5.82 Å². The first-order chi connectivity index (χ1) is 10.7. The van der Waals surface area contributed by atoms with Crippen LogP contribution in [0.5, 0.6) is 5.75 Å². The molecule has 1 aromatic carbocycles. The Hall–Kier alpha value is -1.26. The van der Waals surface area contributed by atoms with E-state index in [1.165, 1.54) is 6.07 Å². The third kappa shape index (κ3) is 2.12. The van der Waals surface area contributed by atoms with Crippen molar-refractivity contribution in [2.45, 2.75) is 38.6 Å². The molecular formula is C16H15Cl2FN2O. The lowest BCUT2D eigenvalue weighted by atomic mass is 9.96. The van der Waals surface area contributed by atoms with Crippen molar-refractivity contribution in [2.75, 3.05) is 6.61 Å². The molecule has 0 N–H and O–H groups in total. The number of aromatic nitrogens is 2. The maximum Gasteiger partial charge on any atom is 0.141 e. The number of hydrogen-bond acceptors (Lipinski definition) is 2. The summed E-state index contributed by atoms with van der Waals surface area (Å²) < 4.78 is 22.2. The minimum absolute atomic E-state index is 0.316. The number of fused-ring (bicyclic) bond motifs is 2. The predicted molar refractivity (Wildman–Crippen MR) is 84.4 cm³/mol. The number of rotatable bonds is 1. The van der Waals surface area contributed by atoms with E-state index in [2.05, 4.69) is 5.10 Å². The van der Waals surface area contributed by atoms with E-state index in [-0.39, 0.29) is 5.82 Å². The highest BCUT2D eigenvalue weighted by Gasteiger charge is 2.28. The van der Waals surface area contributed by atoms with Gasteiger partial charge in [0.05, 0.1) is 22.3 Å². The van der Waals surface area contributed by atoms with E-state index in [1.807, 2.05) is 4.68 Å². The van der Waals surface area contributed by atoms with Crippen LogP contribution in [0.2, 0.25) is 10.0 Å². The fraction of sp³-hybridized carbons (Fsp3) is 0.438. The molecule has 0 aliphatic carbocycles. The van der Waals surface area contributed by atoms with Crippen LogP contribution in [0.15, 0.2) is 6.07 Å². The van der Waals surface area contributed by atoms with Crippen LogP contribution in [-0.2, 0) is 19.4 Å². The van der Waals surface area contributed by atoms with Gasteiger partial charge in [-0.2, -0.15) is 5.10 Å². The Labute approximate surface area is 138 Å². The van der Waals surface area contributed by atoms with E-state index in [4.69, 9.17) is 27.9 Å². The lowest BCUT2D eigenvalue weighted by Gasteiger charge is -2.21. The summed E-state index contributed by atoms with van der Waals surface area (Å²) in [5, 5.41) is 5.44. The van der Waals surface area contributed by atoms with Crippen molar-refractivity contribution in [3.05, 3.63) is 33.2 Å². The molecule has 3 heterocycles. The van der Waals surface area contributed by atoms with Gasteiger partial charge < -0.3 is 4.74 Å². The standard InChI is InChI=1S/C16H15Cl2FN2O/c17-10-8-11(19)13(9-4-3-7-22-16(9)10)15-14(18)12-5-1-2-6-21(12)20-15/h8H,1-7H2. The Morgan fingerprint density at radius 2 is 2.05 bits per heavy atom. The zero-order chi connectivity index (χ0) is 15.3. The van der Waals surface area contributed by atoms with Gasteiger partial charge in [-0.05, 0) is 38.2 Å². The molecule has 0 radical (unpaired) electrons. The van der Waals surface area contributed by atoms with Crippen molar-refractivity contribution in [3.8, 4) is 17.0 Å². The van der Waals surface area contributed by atoms with Crippen LogP contribution in [0.4, 0.5) is 4.39 Å². The van der Waals surface area contributed by atoms with Crippen LogP contribution >= 0.6 is 23.2 Å². The van der Waals surface area contributed by atoms with Crippen molar-refractivity contribution >= 4 is 23.2 Å². The van der Waals surface area contributed by atoms with Gasteiger partial charge in [-0.25, -0.2) is 4.39 Å². The molecule has 116 valence electrons. The first kappa shape index (κ1) is 14.3. The van der Waals surface area contributed by atoms with Crippen molar-refractivity contribution in [1.82, 2.24) is 9.78 Å². The highest BCUT2D eigenvalue weighted by atomic mass is 35.5. The third-order valence-electron chi connectivity index (χ3n) is 4.37. The van der Waals surface area contributed by atoms with Crippen molar-refractivity contribution in [3.63, 3.8) is 0 Å². The minimum Gasteiger partial charge on any atom is -0.492 e. The fourth-order valence-corrected chi connectivity index (χ4v) is 3.93. The monoisotopic (exact) mass is 340 g/mol. The molecule has 2 aliphatic rings. The highest BCUT2D eigenvalue weighted by Crippen LogP contribution is 2.43. The van der Waals surface area contributed by atoms with Gasteiger partial charge in [0, 0.05) is 17.7 Å². The smallest absolute Gasteiger partial charge is 0.141 e. The van der Waals surface area contributed by atoms with Gasteiger partial charge in [-0.15, -0.1) is 0 Å². The molecule has 3 nitrogen and oxygen atoms in total. The Balaban J connectivity index is 1.95. The molecule has 0 fully saturated rings. The quantitative estimate of drug-likeness (QED) is 0.754. The molecule has 0 saturated carbocycles. The first-order valence-corrected chi connectivity index (χ1v) is 8.31. The average molecular weight is 341 g/mol. The molecular weight excluding hydrogens is 326 g/mol. The van der Waals surface area contributed by atoms with E-state index in [9.17, 15) is 4.39 Å². The van der Waals surface area contributed by atoms with Gasteiger partial charge in [-0.1, -0.05) is 23.2 Å². The van der Waals surface area contributed by atoms with Gasteiger partial charge in [0.1, 0.15) is 17.3 Å². The Morgan fingerprint density at radius 1 is 1.18 bits per heavy atom. The minimum atomic E-state index is -0.383. The van der Waals surface area contributed by atoms with Crippen LogP contribution < -0.4 is 4.74 Å². The molecule has 0 bridgehead atoms. The van der Waals surface area contributed by atoms with Crippen LogP contribution in [0.1, 0.15) is 30.5 Å². The first-order valence-electron chi connectivity index (χ1n) is 7.56. The number of nitrogens with zero attached hydrogens (tertiary/aromatic N) is 2. The Kier molecular flexibility index (Phi) is 3.54. The van der Waals surface area contributed by atoms with E-state index in [0.29, 0.717) is 33.7 Å². The molecule has 2 aromatic rings. The number of halogens is 3. The van der Waals surface area contributed by atoms with Gasteiger partial charge >= 0.3 is 0 Å². The zero-order valence-electron chi connectivity index (χ0n) is 12.0. The number of benzene rings is 1. The summed E-state index contributed by atoms with van der Waals surface area (Å²) in [7, 11) is 0. The molecule has 0 atom stereocenters. The average Bonchev–Trinajstić information content (AvgIpc) is 2.85. The second kappa shape index (κ2) is 5.43. The largest absolute Gasteiger partial charge is 0.492 e. The summed E-state index contributed by atoms with van der Waals surface area (Å²) in [5.41, 5.74) is 2.76. The number of aryl methyl sites for hydroxylation is 1. The second-order valence-corrected chi connectivity index (χ2v) is 6.55. The fourth-order valence-electron chi connectivity index (χ4n) is 3.34. The zero-order valence-corrected chi connectivity index (χ0v) is 13.5. The highest BCUT2D eigenvalue weighted by molar-refractivity contribution is 6.34. The summed E-state index contributed by atoms with van der Waals surface area (Å²) >= 11 is 12.6.